The van der Waals surface area contributed by atoms with Crippen molar-refractivity contribution >= 4 is 5.84 Å². The molecule has 4 heteroatoms. The smallest absolute Gasteiger partial charge is 0.257 e. The van der Waals surface area contributed by atoms with Gasteiger partial charge in [-0.1, -0.05) is 30.3 Å². The Morgan fingerprint density at radius 2 is 1.92 bits per heavy atom. The van der Waals surface area contributed by atoms with Crippen molar-refractivity contribution in [3.63, 3.8) is 0 Å². The van der Waals surface area contributed by atoms with Gasteiger partial charge in [0.1, 0.15) is 12.4 Å². The standard InChI is InChI=1S/C9H10F2N2/c10-8(11)6-13-9(12)7-4-2-1-3-5-7/h1-5,8H,6H2,(H2,12,13). The molecule has 13 heavy (non-hydrogen) atoms. The minimum Gasteiger partial charge on any atom is -0.384 e. The molecule has 1 aromatic carbocycles. The highest BCUT2D eigenvalue weighted by Crippen LogP contribution is 1.99. The molecule has 0 spiro atoms. The third kappa shape index (κ3) is 3.19. The molecule has 0 aromatic heterocycles. The lowest BCUT2D eigenvalue weighted by Crippen LogP contribution is -2.15. The van der Waals surface area contributed by atoms with E-state index in [1.54, 1.807) is 24.3 Å². The molecule has 0 aliphatic heterocycles. The molecule has 0 atom stereocenters. The van der Waals surface area contributed by atoms with E-state index < -0.39 is 13.0 Å². The van der Waals surface area contributed by atoms with E-state index >= 15 is 0 Å². The zero-order valence-corrected chi connectivity index (χ0v) is 6.95. The Morgan fingerprint density at radius 1 is 1.31 bits per heavy atom. The van der Waals surface area contributed by atoms with Crippen LogP contribution in [0.2, 0.25) is 0 Å². The van der Waals surface area contributed by atoms with Crippen LogP contribution in [0.4, 0.5) is 8.78 Å². The Bertz CT molecular complexity index is 283. The quantitative estimate of drug-likeness (QED) is 0.563. The molecule has 70 valence electrons. The molecule has 1 aromatic rings. The molecule has 0 radical (unpaired) electrons. The summed E-state index contributed by atoms with van der Waals surface area (Å²) in [5.41, 5.74) is 6.13. The molecule has 0 unspecified atom stereocenters. The van der Waals surface area contributed by atoms with Gasteiger partial charge in [0.05, 0.1) is 0 Å². The Hall–Kier alpha value is -1.45. The number of amidine groups is 1. The van der Waals surface area contributed by atoms with Crippen LogP contribution in [0.3, 0.4) is 0 Å². The van der Waals surface area contributed by atoms with E-state index in [1.165, 1.54) is 0 Å². The van der Waals surface area contributed by atoms with E-state index in [9.17, 15) is 8.78 Å². The van der Waals surface area contributed by atoms with Gasteiger partial charge in [0.25, 0.3) is 6.43 Å². The van der Waals surface area contributed by atoms with Gasteiger partial charge in [-0.05, 0) is 0 Å². The number of rotatable bonds is 3. The summed E-state index contributed by atoms with van der Waals surface area (Å²) in [6, 6.07) is 8.83. The number of aliphatic imine (C=N–C) groups is 1. The van der Waals surface area contributed by atoms with E-state index in [0.29, 0.717) is 5.56 Å². The molecular weight excluding hydrogens is 174 g/mol. The molecular formula is C9H10F2N2. The fourth-order valence-corrected chi connectivity index (χ4v) is 0.868. The molecule has 1 rings (SSSR count). The van der Waals surface area contributed by atoms with Crippen LogP contribution < -0.4 is 5.73 Å². The number of benzene rings is 1. The molecule has 0 aliphatic carbocycles. The summed E-state index contributed by atoms with van der Waals surface area (Å²) in [5, 5.41) is 0. The van der Waals surface area contributed by atoms with Crippen molar-refractivity contribution in [1.82, 2.24) is 0 Å². The van der Waals surface area contributed by atoms with E-state index in [0.717, 1.165) is 0 Å². The number of nitrogens with two attached hydrogens (primary N) is 1. The van der Waals surface area contributed by atoms with Crippen LogP contribution in [0.25, 0.3) is 0 Å². The third-order valence-electron chi connectivity index (χ3n) is 1.47. The molecule has 0 heterocycles. The molecule has 2 nitrogen and oxygen atoms in total. The average molecular weight is 184 g/mol. The lowest BCUT2D eigenvalue weighted by Gasteiger charge is -1.99. The number of alkyl halides is 2. The maximum Gasteiger partial charge on any atom is 0.257 e. The Balaban J connectivity index is 2.68. The fourth-order valence-electron chi connectivity index (χ4n) is 0.868. The van der Waals surface area contributed by atoms with Crippen LogP contribution in [0.15, 0.2) is 35.3 Å². The SMILES string of the molecule is NC(=NCC(F)F)c1ccccc1. The summed E-state index contributed by atoms with van der Waals surface area (Å²) in [6.45, 7) is -0.541. The summed E-state index contributed by atoms with van der Waals surface area (Å²) in [7, 11) is 0. The largest absolute Gasteiger partial charge is 0.384 e. The van der Waals surface area contributed by atoms with Gasteiger partial charge in [-0.25, -0.2) is 8.78 Å². The Morgan fingerprint density at radius 3 is 2.46 bits per heavy atom. The maximum absolute atomic E-state index is 11.7. The first kappa shape index (κ1) is 9.64. The average Bonchev–Trinajstić information content (AvgIpc) is 2.15. The Labute approximate surface area is 75.1 Å². The monoisotopic (exact) mass is 184 g/mol. The molecule has 0 saturated carbocycles. The van der Waals surface area contributed by atoms with Crippen molar-refractivity contribution < 1.29 is 8.78 Å². The van der Waals surface area contributed by atoms with Gasteiger partial charge in [0.15, 0.2) is 0 Å². The number of hydrogen-bond acceptors (Lipinski definition) is 1. The predicted octanol–water partition coefficient (Wildman–Crippen LogP) is 1.66. The van der Waals surface area contributed by atoms with Gasteiger partial charge < -0.3 is 5.73 Å². The van der Waals surface area contributed by atoms with Gasteiger partial charge in [-0.2, -0.15) is 0 Å². The predicted molar refractivity (Wildman–Crippen MR) is 48.0 cm³/mol. The lowest BCUT2D eigenvalue weighted by molar-refractivity contribution is 0.159. The second kappa shape index (κ2) is 4.54. The first-order valence-corrected chi connectivity index (χ1v) is 3.83. The first-order valence-electron chi connectivity index (χ1n) is 3.83. The number of hydrogen-bond donors (Lipinski definition) is 1. The molecule has 2 N–H and O–H groups in total. The van der Waals surface area contributed by atoms with Crippen LogP contribution in [0.1, 0.15) is 5.56 Å². The Kier molecular flexibility index (Phi) is 3.37. The zero-order chi connectivity index (χ0) is 9.68. The van der Waals surface area contributed by atoms with Crippen LogP contribution in [0, 0.1) is 0 Å². The third-order valence-corrected chi connectivity index (χ3v) is 1.47. The maximum atomic E-state index is 11.7. The van der Waals surface area contributed by atoms with Crippen molar-refractivity contribution in [3.05, 3.63) is 35.9 Å². The van der Waals surface area contributed by atoms with Crippen LogP contribution in [-0.2, 0) is 0 Å². The lowest BCUT2D eigenvalue weighted by atomic mass is 10.2. The van der Waals surface area contributed by atoms with Crippen molar-refractivity contribution in [3.8, 4) is 0 Å². The second-order valence-electron chi connectivity index (χ2n) is 2.48. The molecule has 0 aliphatic rings. The van der Waals surface area contributed by atoms with Gasteiger partial charge in [0, 0.05) is 5.56 Å². The topological polar surface area (TPSA) is 38.4 Å². The van der Waals surface area contributed by atoms with Crippen molar-refractivity contribution in [2.45, 2.75) is 6.43 Å². The number of halogens is 2. The molecule has 0 fully saturated rings. The first-order chi connectivity index (χ1) is 6.20. The van der Waals surface area contributed by atoms with E-state index in [-0.39, 0.29) is 5.84 Å². The van der Waals surface area contributed by atoms with Crippen molar-refractivity contribution in [2.75, 3.05) is 6.54 Å². The summed E-state index contributed by atoms with van der Waals surface area (Å²) >= 11 is 0. The van der Waals surface area contributed by atoms with Crippen LogP contribution in [0.5, 0.6) is 0 Å². The van der Waals surface area contributed by atoms with E-state index in [1.807, 2.05) is 6.07 Å². The molecule has 0 saturated heterocycles. The summed E-state index contributed by atoms with van der Waals surface area (Å²) in [6.07, 6.45) is -2.44. The number of nitrogens with zero attached hydrogens (tertiary/aromatic N) is 1. The summed E-state index contributed by atoms with van der Waals surface area (Å²) in [4.78, 5) is 3.54. The second-order valence-corrected chi connectivity index (χ2v) is 2.48. The zero-order valence-electron chi connectivity index (χ0n) is 6.95. The van der Waals surface area contributed by atoms with Gasteiger partial charge in [-0.15, -0.1) is 0 Å². The van der Waals surface area contributed by atoms with Crippen LogP contribution in [-0.4, -0.2) is 18.8 Å². The fraction of sp³-hybridized carbons (Fsp3) is 0.222. The molecule has 0 bridgehead atoms. The van der Waals surface area contributed by atoms with Crippen LogP contribution >= 0.6 is 0 Å². The minimum absolute atomic E-state index is 0.154. The minimum atomic E-state index is -2.44. The summed E-state index contributed by atoms with van der Waals surface area (Å²) < 4.78 is 23.5. The van der Waals surface area contributed by atoms with Crippen molar-refractivity contribution in [2.24, 2.45) is 10.7 Å². The summed E-state index contributed by atoms with van der Waals surface area (Å²) in [5.74, 6) is 0.154. The highest BCUT2D eigenvalue weighted by molar-refractivity contribution is 5.97. The van der Waals surface area contributed by atoms with Crippen molar-refractivity contribution in [1.29, 1.82) is 0 Å². The van der Waals surface area contributed by atoms with Gasteiger partial charge in [0.2, 0.25) is 0 Å². The van der Waals surface area contributed by atoms with Gasteiger partial charge in [-0.3, -0.25) is 4.99 Å². The highest BCUT2D eigenvalue weighted by atomic mass is 19.3. The van der Waals surface area contributed by atoms with E-state index in [4.69, 9.17) is 5.73 Å². The van der Waals surface area contributed by atoms with E-state index in [2.05, 4.69) is 4.99 Å². The molecule has 0 amide bonds. The highest BCUT2D eigenvalue weighted by Gasteiger charge is 2.01. The van der Waals surface area contributed by atoms with Gasteiger partial charge >= 0.3 is 0 Å². The normalized spacial score (nSPS) is 12.1.